The van der Waals surface area contributed by atoms with Crippen molar-refractivity contribution in [1.82, 2.24) is 10.2 Å². The van der Waals surface area contributed by atoms with Gasteiger partial charge in [0.1, 0.15) is 0 Å². The highest BCUT2D eigenvalue weighted by Crippen LogP contribution is 2.17. The van der Waals surface area contributed by atoms with Gasteiger partial charge in [-0.2, -0.15) is 0 Å². The Morgan fingerprint density at radius 2 is 2.00 bits per heavy atom. The van der Waals surface area contributed by atoms with E-state index in [1.54, 1.807) is 0 Å². The lowest BCUT2D eigenvalue weighted by Crippen LogP contribution is -2.35. The third-order valence-corrected chi connectivity index (χ3v) is 3.15. The highest BCUT2D eigenvalue weighted by molar-refractivity contribution is 5.76. The molecule has 0 aromatic heterocycles. The van der Waals surface area contributed by atoms with Gasteiger partial charge in [0, 0.05) is 19.5 Å². The number of carbonyl (C=O) groups excluding carboxylic acids is 1. The number of hydrogen-bond donors (Lipinski definition) is 1. The third-order valence-electron chi connectivity index (χ3n) is 3.15. The zero-order valence-electron chi connectivity index (χ0n) is 10.1. The van der Waals surface area contributed by atoms with Gasteiger partial charge in [0.05, 0.1) is 0 Å². The van der Waals surface area contributed by atoms with Gasteiger partial charge in [-0.05, 0) is 45.2 Å². The summed E-state index contributed by atoms with van der Waals surface area (Å²) in [5.41, 5.74) is 0. The predicted octanol–water partition coefficient (Wildman–Crippen LogP) is 1.63. The van der Waals surface area contributed by atoms with E-state index in [0.717, 1.165) is 51.9 Å². The molecule has 1 aliphatic heterocycles. The van der Waals surface area contributed by atoms with Gasteiger partial charge in [0.2, 0.25) is 5.91 Å². The molecule has 0 aromatic rings. The number of hydrogen-bond acceptors (Lipinski definition) is 2. The quantitative estimate of drug-likeness (QED) is 0.751. The molecule has 0 unspecified atom stereocenters. The molecule has 0 atom stereocenters. The van der Waals surface area contributed by atoms with Gasteiger partial charge in [0.25, 0.3) is 0 Å². The molecule has 3 nitrogen and oxygen atoms in total. The number of nitrogens with one attached hydrogen (secondary N) is 1. The predicted molar refractivity (Wildman–Crippen MR) is 62.8 cm³/mol. The first-order valence-electron chi connectivity index (χ1n) is 6.26. The van der Waals surface area contributed by atoms with Crippen LogP contribution in [0.2, 0.25) is 0 Å². The first-order valence-corrected chi connectivity index (χ1v) is 6.26. The monoisotopic (exact) mass is 212 g/mol. The summed E-state index contributed by atoms with van der Waals surface area (Å²) in [6, 6.07) is 0. The maximum Gasteiger partial charge on any atom is 0.222 e. The summed E-state index contributed by atoms with van der Waals surface area (Å²) in [6.45, 7) is 8.13. The van der Waals surface area contributed by atoms with Crippen molar-refractivity contribution in [2.24, 2.45) is 5.92 Å². The largest absolute Gasteiger partial charge is 0.343 e. The van der Waals surface area contributed by atoms with E-state index in [9.17, 15) is 4.79 Å². The zero-order valence-corrected chi connectivity index (χ0v) is 10.1. The van der Waals surface area contributed by atoms with Crippen molar-refractivity contribution >= 4 is 5.91 Å². The van der Waals surface area contributed by atoms with Crippen LogP contribution in [0.3, 0.4) is 0 Å². The van der Waals surface area contributed by atoms with Crippen LogP contribution in [0.25, 0.3) is 0 Å². The van der Waals surface area contributed by atoms with Crippen LogP contribution >= 0.6 is 0 Å². The SMILES string of the molecule is CCCN(CC)C(=O)CC1CCNCC1. The number of piperidine rings is 1. The normalized spacial score (nSPS) is 17.7. The van der Waals surface area contributed by atoms with Crippen LogP contribution in [0.1, 0.15) is 39.5 Å². The number of amides is 1. The van der Waals surface area contributed by atoms with E-state index in [2.05, 4.69) is 19.2 Å². The van der Waals surface area contributed by atoms with Crippen LogP contribution in [-0.4, -0.2) is 37.0 Å². The van der Waals surface area contributed by atoms with Crippen molar-refractivity contribution < 1.29 is 4.79 Å². The lowest BCUT2D eigenvalue weighted by atomic mass is 9.94. The van der Waals surface area contributed by atoms with Crippen molar-refractivity contribution in [3.05, 3.63) is 0 Å². The van der Waals surface area contributed by atoms with Gasteiger partial charge >= 0.3 is 0 Å². The molecular formula is C12H24N2O. The lowest BCUT2D eigenvalue weighted by Gasteiger charge is -2.26. The van der Waals surface area contributed by atoms with E-state index in [1.807, 2.05) is 4.90 Å². The molecule has 0 aliphatic carbocycles. The summed E-state index contributed by atoms with van der Waals surface area (Å²) in [7, 11) is 0. The molecule has 1 fully saturated rings. The average molecular weight is 212 g/mol. The Kier molecular flexibility index (Phi) is 5.69. The summed E-state index contributed by atoms with van der Waals surface area (Å²) >= 11 is 0. The Bertz CT molecular complexity index is 188. The van der Waals surface area contributed by atoms with Gasteiger partial charge in [-0.1, -0.05) is 6.92 Å². The second-order valence-electron chi connectivity index (χ2n) is 4.37. The molecule has 88 valence electrons. The molecule has 1 N–H and O–H groups in total. The highest BCUT2D eigenvalue weighted by Gasteiger charge is 2.19. The Balaban J connectivity index is 2.31. The standard InChI is InChI=1S/C12H24N2O/c1-3-9-14(4-2)12(15)10-11-5-7-13-8-6-11/h11,13H,3-10H2,1-2H3. The van der Waals surface area contributed by atoms with Crippen molar-refractivity contribution in [3.8, 4) is 0 Å². The van der Waals surface area contributed by atoms with Crippen LogP contribution in [-0.2, 0) is 4.79 Å². The average Bonchev–Trinajstić information content (AvgIpc) is 2.27. The lowest BCUT2D eigenvalue weighted by molar-refractivity contribution is -0.132. The second-order valence-corrected chi connectivity index (χ2v) is 4.37. The van der Waals surface area contributed by atoms with E-state index < -0.39 is 0 Å². The molecule has 1 saturated heterocycles. The van der Waals surface area contributed by atoms with Gasteiger partial charge in [0.15, 0.2) is 0 Å². The van der Waals surface area contributed by atoms with Gasteiger partial charge in [-0.3, -0.25) is 4.79 Å². The van der Waals surface area contributed by atoms with Crippen LogP contribution in [0.5, 0.6) is 0 Å². The summed E-state index contributed by atoms with van der Waals surface area (Å²) in [5.74, 6) is 0.968. The van der Waals surface area contributed by atoms with E-state index in [-0.39, 0.29) is 0 Å². The molecule has 0 aromatic carbocycles. The maximum atomic E-state index is 11.9. The van der Waals surface area contributed by atoms with Crippen LogP contribution in [0.15, 0.2) is 0 Å². The first kappa shape index (κ1) is 12.5. The first-order chi connectivity index (χ1) is 7.27. The number of carbonyl (C=O) groups is 1. The van der Waals surface area contributed by atoms with E-state index in [0.29, 0.717) is 11.8 Å². The molecule has 0 saturated carbocycles. The molecule has 3 heteroatoms. The van der Waals surface area contributed by atoms with Gasteiger partial charge < -0.3 is 10.2 Å². The van der Waals surface area contributed by atoms with Crippen molar-refractivity contribution in [1.29, 1.82) is 0 Å². The molecular weight excluding hydrogens is 188 g/mol. The van der Waals surface area contributed by atoms with Crippen LogP contribution in [0.4, 0.5) is 0 Å². The fourth-order valence-electron chi connectivity index (χ4n) is 2.19. The smallest absolute Gasteiger partial charge is 0.222 e. The Hall–Kier alpha value is -0.570. The van der Waals surface area contributed by atoms with E-state index in [1.165, 1.54) is 0 Å². The number of nitrogens with zero attached hydrogens (tertiary/aromatic N) is 1. The summed E-state index contributed by atoms with van der Waals surface area (Å²) in [4.78, 5) is 13.9. The molecule has 1 amide bonds. The van der Waals surface area contributed by atoms with E-state index in [4.69, 9.17) is 0 Å². The molecule has 1 heterocycles. The second kappa shape index (κ2) is 6.83. The van der Waals surface area contributed by atoms with Crippen LogP contribution < -0.4 is 5.32 Å². The molecule has 1 rings (SSSR count). The van der Waals surface area contributed by atoms with Crippen LogP contribution in [0, 0.1) is 5.92 Å². The minimum atomic E-state index is 0.353. The number of rotatable bonds is 5. The minimum Gasteiger partial charge on any atom is -0.343 e. The van der Waals surface area contributed by atoms with Crippen molar-refractivity contribution in [3.63, 3.8) is 0 Å². The van der Waals surface area contributed by atoms with Gasteiger partial charge in [-0.15, -0.1) is 0 Å². The molecule has 1 aliphatic rings. The molecule has 15 heavy (non-hydrogen) atoms. The Morgan fingerprint density at radius 1 is 1.33 bits per heavy atom. The minimum absolute atomic E-state index is 0.353. The highest BCUT2D eigenvalue weighted by atomic mass is 16.2. The summed E-state index contributed by atoms with van der Waals surface area (Å²) in [6.07, 6.45) is 4.15. The van der Waals surface area contributed by atoms with Gasteiger partial charge in [-0.25, -0.2) is 0 Å². The summed E-state index contributed by atoms with van der Waals surface area (Å²) in [5, 5.41) is 3.33. The fraction of sp³-hybridized carbons (Fsp3) is 0.917. The molecule has 0 radical (unpaired) electrons. The fourth-order valence-corrected chi connectivity index (χ4v) is 2.19. The molecule has 0 bridgehead atoms. The van der Waals surface area contributed by atoms with Crippen molar-refractivity contribution in [2.45, 2.75) is 39.5 Å². The molecule has 0 spiro atoms. The topological polar surface area (TPSA) is 32.3 Å². The Morgan fingerprint density at radius 3 is 2.53 bits per heavy atom. The van der Waals surface area contributed by atoms with Crippen molar-refractivity contribution in [2.75, 3.05) is 26.2 Å². The third kappa shape index (κ3) is 4.20. The maximum absolute atomic E-state index is 11.9. The summed E-state index contributed by atoms with van der Waals surface area (Å²) < 4.78 is 0. The zero-order chi connectivity index (χ0) is 11.1. The van der Waals surface area contributed by atoms with E-state index >= 15 is 0 Å². The Labute approximate surface area is 93.2 Å².